The Morgan fingerprint density at radius 1 is 1.56 bits per heavy atom. The lowest BCUT2D eigenvalue weighted by atomic mass is 9.86. The Hall–Kier alpha value is -0.710. The zero-order chi connectivity index (χ0) is 13.9. The van der Waals surface area contributed by atoms with Crippen molar-refractivity contribution in [2.75, 3.05) is 0 Å². The molecule has 2 aliphatic rings. The van der Waals surface area contributed by atoms with Crippen LogP contribution in [-0.2, 0) is 14.2 Å². The Labute approximate surface area is 105 Å². The zero-order valence-electron chi connectivity index (χ0n) is 10.2. The standard InChI is InChI=1S/C11H17O6P/c1-3-5(2)6-4-7(12)11(18(15,16)17)8(6)9(11)10(13)14/h5-6,8-9H,3-4H2,1-2H3,(H,13,14)(H2,15,16,17). The molecule has 2 fully saturated rings. The van der Waals surface area contributed by atoms with Gasteiger partial charge in [0.05, 0.1) is 5.92 Å². The van der Waals surface area contributed by atoms with Crippen LogP contribution in [0.15, 0.2) is 0 Å². The van der Waals surface area contributed by atoms with E-state index in [4.69, 9.17) is 5.11 Å². The summed E-state index contributed by atoms with van der Waals surface area (Å²) in [6.07, 6.45) is 0.854. The van der Waals surface area contributed by atoms with Crippen molar-refractivity contribution < 1.29 is 29.0 Å². The van der Waals surface area contributed by atoms with Gasteiger partial charge < -0.3 is 14.9 Å². The Morgan fingerprint density at radius 2 is 2.11 bits per heavy atom. The Morgan fingerprint density at radius 3 is 2.44 bits per heavy atom. The molecule has 5 unspecified atom stereocenters. The highest BCUT2D eigenvalue weighted by Gasteiger charge is 2.86. The van der Waals surface area contributed by atoms with Crippen molar-refractivity contribution in [2.24, 2.45) is 23.7 Å². The molecule has 0 aromatic carbocycles. The lowest BCUT2D eigenvalue weighted by Crippen LogP contribution is -2.26. The third kappa shape index (κ3) is 1.46. The minimum Gasteiger partial charge on any atom is -0.481 e. The maximum atomic E-state index is 12.0. The second-order valence-electron chi connectivity index (χ2n) is 5.39. The zero-order valence-corrected chi connectivity index (χ0v) is 11.1. The van der Waals surface area contributed by atoms with Gasteiger partial charge in [-0.05, 0) is 11.8 Å². The van der Waals surface area contributed by atoms with Crippen LogP contribution < -0.4 is 0 Å². The van der Waals surface area contributed by atoms with Crippen molar-refractivity contribution in [3.05, 3.63) is 0 Å². The largest absolute Gasteiger partial charge is 0.481 e. The van der Waals surface area contributed by atoms with Crippen LogP contribution >= 0.6 is 7.60 Å². The van der Waals surface area contributed by atoms with E-state index in [9.17, 15) is 23.9 Å². The highest BCUT2D eigenvalue weighted by atomic mass is 31.2. The maximum Gasteiger partial charge on any atom is 0.340 e. The SMILES string of the molecule is CCC(C)C1CC(=O)C2(P(=O)(O)O)C(C(=O)O)C12. The van der Waals surface area contributed by atoms with Crippen LogP contribution in [0.4, 0.5) is 0 Å². The molecule has 2 aliphatic carbocycles. The number of ketones is 1. The van der Waals surface area contributed by atoms with Gasteiger partial charge in [-0.15, -0.1) is 0 Å². The molecular formula is C11H17O6P. The quantitative estimate of drug-likeness (QED) is 0.657. The van der Waals surface area contributed by atoms with Gasteiger partial charge >= 0.3 is 13.6 Å². The van der Waals surface area contributed by atoms with Gasteiger partial charge in [0.15, 0.2) is 5.78 Å². The first-order chi connectivity index (χ1) is 8.19. The summed E-state index contributed by atoms with van der Waals surface area (Å²) in [6, 6.07) is 0. The number of fused-ring (bicyclic) bond motifs is 1. The van der Waals surface area contributed by atoms with Crippen LogP contribution in [0.5, 0.6) is 0 Å². The summed E-state index contributed by atoms with van der Waals surface area (Å²) in [4.78, 5) is 41.9. The lowest BCUT2D eigenvalue weighted by Gasteiger charge is -2.18. The van der Waals surface area contributed by atoms with E-state index in [1.807, 2.05) is 13.8 Å². The molecule has 0 radical (unpaired) electrons. The fraction of sp³-hybridized carbons (Fsp3) is 0.818. The van der Waals surface area contributed by atoms with Crippen LogP contribution in [0.1, 0.15) is 26.7 Å². The van der Waals surface area contributed by atoms with Crippen LogP contribution in [0.2, 0.25) is 0 Å². The smallest absolute Gasteiger partial charge is 0.340 e. The summed E-state index contributed by atoms with van der Waals surface area (Å²) in [6.45, 7) is 3.82. The molecule has 0 heterocycles. The van der Waals surface area contributed by atoms with E-state index in [1.165, 1.54) is 0 Å². The van der Waals surface area contributed by atoms with E-state index in [2.05, 4.69) is 0 Å². The molecule has 3 N–H and O–H groups in total. The van der Waals surface area contributed by atoms with Gasteiger partial charge in [0.25, 0.3) is 0 Å². The van der Waals surface area contributed by atoms with E-state index >= 15 is 0 Å². The Kier molecular flexibility index (Phi) is 2.96. The Balaban J connectivity index is 2.43. The maximum absolute atomic E-state index is 12.0. The van der Waals surface area contributed by atoms with E-state index in [0.29, 0.717) is 0 Å². The molecule has 2 rings (SSSR count). The number of aliphatic carboxylic acids is 1. The molecule has 0 aliphatic heterocycles. The third-order valence-electron chi connectivity index (χ3n) is 4.68. The molecule has 6 nitrogen and oxygen atoms in total. The average molecular weight is 276 g/mol. The van der Waals surface area contributed by atoms with Crippen molar-refractivity contribution in [3.63, 3.8) is 0 Å². The number of carbonyl (C=O) groups excluding carboxylic acids is 1. The predicted octanol–water partition coefficient (Wildman–Crippen LogP) is 0.869. The summed E-state index contributed by atoms with van der Waals surface area (Å²) >= 11 is 0. The van der Waals surface area contributed by atoms with E-state index in [1.54, 1.807) is 0 Å². The highest BCUT2D eigenvalue weighted by Crippen LogP contribution is 2.79. The van der Waals surface area contributed by atoms with Gasteiger partial charge in [-0.2, -0.15) is 0 Å². The molecule has 0 bridgehead atoms. The first-order valence-corrected chi connectivity index (χ1v) is 7.62. The van der Waals surface area contributed by atoms with Crippen LogP contribution in [0.25, 0.3) is 0 Å². The first-order valence-electron chi connectivity index (χ1n) is 6.01. The number of carboxylic acids is 1. The molecule has 102 valence electrons. The number of carboxylic acid groups (broad SMARTS) is 1. The van der Waals surface area contributed by atoms with Crippen molar-refractivity contribution in [1.29, 1.82) is 0 Å². The number of hydrogen-bond acceptors (Lipinski definition) is 3. The molecule has 2 saturated carbocycles. The summed E-state index contributed by atoms with van der Waals surface area (Å²) < 4.78 is 11.6. The van der Waals surface area contributed by atoms with E-state index in [0.717, 1.165) is 6.42 Å². The average Bonchev–Trinajstić information content (AvgIpc) is 2.87. The topological polar surface area (TPSA) is 112 Å². The lowest BCUT2D eigenvalue weighted by molar-refractivity contribution is -0.140. The summed E-state index contributed by atoms with van der Waals surface area (Å²) in [5, 5.41) is 7.16. The molecular weight excluding hydrogens is 259 g/mol. The van der Waals surface area contributed by atoms with Gasteiger partial charge in [0.1, 0.15) is 5.16 Å². The third-order valence-corrected chi connectivity index (χ3v) is 6.47. The normalized spacial score (nSPS) is 40.4. The van der Waals surface area contributed by atoms with Crippen molar-refractivity contribution in [3.8, 4) is 0 Å². The van der Waals surface area contributed by atoms with Gasteiger partial charge in [-0.25, -0.2) is 0 Å². The minimum absolute atomic E-state index is 0.0918. The molecule has 7 heteroatoms. The monoisotopic (exact) mass is 276 g/mol. The van der Waals surface area contributed by atoms with Gasteiger partial charge in [-0.3, -0.25) is 14.2 Å². The summed E-state index contributed by atoms with van der Waals surface area (Å²) in [5.74, 6) is -3.88. The molecule has 18 heavy (non-hydrogen) atoms. The highest BCUT2D eigenvalue weighted by molar-refractivity contribution is 7.55. The van der Waals surface area contributed by atoms with Gasteiger partial charge in [0.2, 0.25) is 0 Å². The summed E-state index contributed by atoms with van der Waals surface area (Å²) in [5.41, 5.74) is 0. The molecule has 0 aromatic rings. The second-order valence-corrected chi connectivity index (χ2v) is 7.22. The van der Waals surface area contributed by atoms with Crippen molar-refractivity contribution in [2.45, 2.75) is 31.8 Å². The van der Waals surface area contributed by atoms with Gasteiger partial charge in [0, 0.05) is 12.3 Å². The molecule has 0 saturated heterocycles. The minimum atomic E-state index is -4.74. The number of Topliss-reactive ketones (excluding diaryl/α,β-unsaturated/α-hetero) is 1. The van der Waals surface area contributed by atoms with E-state index in [-0.39, 0.29) is 18.3 Å². The summed E-state index contributed by atoms with van der Waals surface area (Å²) in [7, 11) is -4.74. The van der Waals surface area contributed by atoms with Crippen LogP contribution in [0.3, 0.4) is 0 Å². The fourth-order valence-electron chi connectivity index (χ4n) is 3.58. The predicted molar refractivity (Wildman–Crippen MR) is 62.0 cm³/mol. The second kappa shape index (κ2) is 3.89. The fourth-order valence-corrected chi connectivity index (χ4v) is 5.28. The number of rotatable bonds is 4. The van der Waals surface area contributed by atoms with Crippen molar-refractivity contribution >= 4 is 19.3 Å². The molecule has 0 amide bonds. The van der Waals surface area contributed by atoms with Gasteiger partial charge in [-0.1, -0.05) is 20.3 Å². The number of carbonyl (C=O) groups is 2. The molecule has 0 spiro atoms. The van der Waals surface area contributed by atoms with E-state index < -0.39 is 36.3 Å². The molecule has 0 aromatic heterocycles. The first kappa shape index (κ1) is 13.7. The van der Waals surface area contributed by atoms with Crippen LogP contribution in [0, 0.1) is 23.7 Å². The number of hydrogen-bond donors (Lipinski definition) is 3. The molecule has 5 atom stereocenters. The Bertz CT molecular complexity index is 454. The van der Waals surface area contributed by atoms with Crippen LogP contribution in [-0.4, -0.2) is 31.8 Å². The van der Waals surface area contributed by atoms with Crippen molar-refractivity contribution in [1.82, 2.24) is 0 Å².